The Morgan fingerprint density at radius 2 is 1.40 bits per heavy atom. The Balaban J connectivity index is 0.000000454. The van der Waals surface area contributed by atoms with Gasteiger partial charge in [0.15, 0.2) is 5.71 Å². The molecule has 8 heteroatoms. The molecule has 0 amide bonds. The van der Waals surface area contributed by atoms with Crippen molar-refractivity contribution < 1.29 is 22.9 Å². The lowest BCUT2D eigenvalue weighted by Crippen LogP contribution is -2.28. The first kappa shape index (κ1) is 56.1. The maximum Gasteiger partial charge on any atom is 0.209 e. The van der Waals surface area contributed by atoms with Crippen LogP contribution in [-0.2, 0) is 40.4 Å². The predicted molar refractivity (Wildman–Crippen MR) is 290 cm³/mol. The Bertz CT molecular complexity index is 2200. The molecule has 2 aromatic rings. The monoisotopic (exact) mass is 954 g/mol. The first-order valence-corrected chi connectivity index (χ1v) is 28.9. The van der Waals surface area contributed by atoms with E-state index in [1.807, 2.05) is 0 Å². The van der Waals surface area contributed by atoms with Crippen molar-refractivity contribution in [2.24, 2.45) is 5.92 Å². The molecule has 0 aromatic heterocycles. The molecule has 4 aliphatic rings. The van der Waals surface area contributed by atoms with Gasteiger partial charge in [0.05, 0.1) is 5.41 Å². The Morgan fingerprint density at radius 1 is 0.761 bits per heavy atom. The van der Waals surface area contributed by atoms with Gasteiger partial charge in [-0.2, -0.15) is 4.58 Å². The number of anilines is 1. The van der Waals surface area contributed by atoms with E-state index in [1.54, 1.807) is 13.8 Å². The van der Waals surface area contributed by atoms with Crippen LogP contribution < -0.4 is 4.90 Å². The first-order chi connectivity index (χ1) is 31.9. The van der Waals surface area contributed by atoms with E-state index in [1.165, 1.54) is 108 Å². The van der Waals surface area contributed by atoms with Gasteiger partial charge in [-0.15, -0.1) is 0 Å². The average Bonchev–Trinajstić information content (AvgIpc) is 3.94. The molecule has 6 nitrogen and oxygen atoms in total. The third-order valence-electron chi connectivity index (χ3n) is 14.6. The molecule has 67 heavy (non-hydrogen) atoms. The zero-order chi connectivity index (χ0) is 49.0. The van der Waals surface area contributed by atoms with Crippen LogP contribution in [0.5, 0.6) is 0 Å². The molecule has 0 bridgehead atoms. The number of benzene rings is 2. The summed E-state index contributed by atoms with van der Waals surface area (Å²) in [7, 11) is -3.13. The Labute approximate surface area is 413 Å². The van der Waals surface area contributed by atoms with Crippen LogP contribution in [0.4, 0.5) is 11.4 Å². The van der Waals surface area contributed by atoms with Gasteiger partial charge in [-0.25, -0.2) is 4.21 Å². The highest BCUT2D eigenvalue weighted by molar-refractivity contribution is 8.29. The third kappa shape index (κ3) is 17.2. The summed E-state index contributed by atoms with van der Waals surface area (Å²) >= 11 is 4.73. The molecule has 370 valence electrons. The van der Waals surface area contributed by atoms with Gasteiger partial charge >= 0.3 is 0 Å². The summed E-state index contributed by atoms with van der Waals surface area (Å²) in [6.07, 6.45) is 34.2. The summed E-state index contributed by atoms with van der Waals surface area (Å²) in [4.78, 5) is 24.1. The molecule has 2 aliphatic carbocycles. The molecular weight excluding hydrogens is 865 g/mol. The summed E-state index contributed by atoms with van der Waals surface area (Å²) in [6, 6.07) is 17.4. The molecule has 1 atom stereocenters. The fourth-order valence-electron chi connectivity index (χ4n) is 10.5. The second-order valence-corrected chi connectivity index (χ2v) is 24.0. The highest BCUT2D eigenvalue weighted by atomic mass is 32.8. The minimum Gasteiger partial charge on any atom is -0.344 e. The fraction of sp³-hybridized carbons (Fsp3) is 0.610. The smallest absolute Gasteiger partial charge is 0.209 e. The van der Waals surface area contributed by atoms with E-state index >= 15 is 0 Å². The lowest BCUT2D eigenvalue weighted by molar-refractivity contribution is -0.438. The van der Waals surface area contributed by atoms with Gasteiger partial charge in [-0.3, -0.25) is 0 Å². The Morgan fingerprint density at radius 3 is 2.06 bits per heavy atom. The van der Waals surface area contributed by atoms with Gasteiger partial charge in [0.25, 0.3) is 0 Å². The minimum atomic E-state index is -3.13. The van der Waals surface area contributed by atoms with Gasteiger partial charge < -0.3 is 19.0 Å². The van der Waals surface area contributed by atoms with Crippen LogP contribution in [0, 0.1) is 5.92 Å². The molecule has 1 fully saturated rings. The van der Waals surface area contributed by atoms with Crippen molar-refractivity contribution >= 4 is 48.6 Å². The molecule has 0 spiro atoms. The second kappa shape index (κ2) is 27.7. The van der Waals surface area contributed by atoms with Crippen LogP contribution in [0.3, 0.4) is 0 Å². The number of ketones is 2. The molecule has 6 rings (SSSR count). The van der Waals surface area contributed by atoms with Crippen LogP contribution >= 0.6 is 0 Å². The van der Waals surface area contributed by atoms with Gasteiger partial charge in [0.2, 0.25) is 5.69 Å². The molecule has 0 radical (unpaired) electrons. The number of unbranched alkanes of at least 4 members (excludes halogenated alkanes) is 7. The van der Waals surface area contributed by atoms with Crippen LogP contribution in [0.2, 0.25) is 0 Å². The summed E-state index contributed by atoms with van der Waals surface area (Å²) in [5.74, 6) is 1.86. The predicted octanol–water partition coefficient (Wildman–Crippen LogP) is 15.8. The summed E-state index contributed by atoms with van der Waals surface area (Å²) in [5, 5.41) is 0. The van der Waals surface area contributed by atoms with Crippen molar-refractivity contribution in [1.82, 2.24) is 0 Å². The van der Waals surface area contributed by atoms with E-state index in [0.29, 0.717) is 18.6 Å². The minimum absolute atomic E-state index is 0.0930. The Hall–Kier alpha value is -3.46. The lowest BCUT2D eigenvalue weighted by Gasteiger charge is -2.27. The van der Waals surface area contributed by atoms with Crippen LogP contribution in [0.25, 0.3) is 0 Å². The maximum absolute atomic E-state index is 11.7. The first-order valence-electron chi connectivity index (χ1n) is 26.3. The second-order valence-electron chi connectivity index (χ2n) is 20.9. The number of nitrogens with zero attached hydrogens (tertiary/aromatic N) is 2. The SMILES string of the molecule is CC(=O)CCCCC[N+]1=C(/C=C/C2=C(C)C(=C/C=C3/N(CCCCS(=O)(O)=S)c4ccccc4C3(C)C)/CCC2)C(C)(C)c2ccccc21.CCCCC(C)=O.CCCCCCC1CCCC1. The van der Waals surface area contributed by atoms with E-state index in [0.717, 1.165) is 83.2 Å². The number of hydrogen-bond donors (Lipinski definition) is 1. The van der Waals surface area contributed by atoms with Crippen molar-refractivity contribution in [2.45, 2.75) is 208 Å². The highest BCUT2D eigenvalue weighted by Gasteiger charge is 2.44. The summed E-state index contributed by atoms with van der Waals surface area (Å²) in [6.45, 7) is 21.0. The molecule has 2 heterocycles. The topological polar surface area (TPSA) is 77.7 Å². The summed E-state index contributed by atoms with van der Waals surface area (Å²) < 4.78 is 23.8. The molecule has 2 aliphatic heterocycles. The Kier molecular flexibility index (Phi) is 23.2. The third-order valence-corrected chi connectivity index (χ3v) is 15.9. The number of hydrogen-bond acceptors (Lipinski definition) is 5. The van der Waals surface area contributed by atoms with Crippen LogP contribution in [0.1, 0.15) is 208 Å². The van der Waals surface area contributed by atoms with Gasteiger partial charge in [-0.1, -0.05) is 140 Å². The molecule has 1 N–H and O–H groups in total. The zero-order valence-corrected chi connectivity index (χ0v) is 45.0. The molecule has 0 saturated heterocycles. The van der Waals surface area contributed by atoms with Crippen molar-refractivity contribution in [3.63, 3.8) is 0 Å². The fourth-order valence-corrected chi connectivity index (χ4v) is 11.5. The van der Waals surface area contributed by atoms with Gasteiger partial charge in [0, 0.05) is 77.3 Å². The van der Waals surface area contributed by atoms with Crippen molar-refractivity contribution in [2.75, 3.05) is 23.7 Å². The van der Waals surface area contributed by atoms with Gasteiger partial charge in [-0.05, 0) is 126 Å². The molecule has 2 aromatic carbocycles. The number of Topliss-reactive ketones (excluding diaryl/α,β-unsaturated/α-hetero) is 2. The van der Waals surface area contributed by atoms with E-state index in [9.17, 15) is 18.4 Å². The number of para-hydroxylation sites is 2. The van der Waals surface area contributed by atoms with E-state index in [2.05, 4.69) is 131 Å². The number of carbonyl (C=O) groups excluding carboxylic acids is 2. The summed E-state index contributed by atoms with van der Waals surface area (Å²) in [5.41, 5.74) is 11.7. The molecule has 1 saturated carbocycles. The number of fused-ring (bicyclic) bond motifs is 2. The van der Waals surface area contributed by atoms with Crippen molar-refractivity contribution in [1.29, 1.82) is 0 Å². The van der Waals surface area contributed by atoms with Crippen molar-refractivity contribution in [3.05, 3.63) is 106 Å². The molecular formula is C59H89N2O4S2+. The lowest BCUT2D eigenvalue weighted by atomic mass is 9.80. The normalized spacial score (nSPS) is 19.6. The number of carbonyl (C=O) groups is 2. The highest BCUT2D eigenvalue weighted by Crippen LogP contribution is 2.48. The number of rotatable bonds is 22. The largest absolute Gasteiger partial charge is 0.344 e. The quantitative estimate of drug-likeness (QED) is 0.0936. The van der Waals surface area contributed by atoms with E-state index in [4.69, 9.17) is 11.2 Å². The van der Waals surface area contributed by atoms with Crippen LogP contribution in [-0.4, -0.2) is 49.5 Å². The van der Waals surface area contributed by atoms with E-state index < -0.39 is 8.77 Å². The molecule has 1 unspecified atom stereocenters. The zero-order valence-electron chi connectivity index (χ0n) is 43.4. The van der Waals surface area contributed by atoms with Crippen molar-refractivity contribution in [3.8, 4) is 0 Å². The van der Waals surface area contributed by atoms with Crippen LogP contribution in [0.15, 0.2) is 95.3 Å². The van der Waals surface area contributed by atoms with Gasteiger partial charge in [0.1, 0.15) is 26.9 Å². The maximum atomic E-state index is 11.7. The average molecular weight is 955 g/mol. The van der Waals surface area contributed by atoms with E-state index in [-0.39, 0.29) is 22.4 Å². The standard InChI is InChI=1S/C42H54N2O3S2.C11H22.C6H12O/c1-31(45)17-8-7-13-28-43-37-22-11-9-20-35(37)41(3,4)39(43)26-24-33-18-16-19-34(32(33)2)25-27-40-42(5,6)36-21-10-12-23-38(36)44(40)29-14-15-30-49(46,47)48;1-2-3-4-5-8-11-9-6-7-10-11;1-3-4-5-6(2)7/h9-12,20-27H,7-8,13-19,28-30H2,1-6H3;11H,2-10H2,1H3;3-5H2,1-2H3/p+1. The number of allylic oxidation sites excluding steroid dienone is 8.